The first kappa shape index (κ1) is 19.5. The van der Waals surface area contributed by atoms with Crippen molar-refractivity contribution in [2.24, 2.45) is 0 Å². The third kappa shape index (κ3) is 6.06. The Balaban J connectivity index is 0. The number of carboxylic acids is 1. The maximum atomic E-state index is 12.8. The molecule has 0 aliphatic carbocycles. The fraction of sp³-hybridized carbons (Fsp3) is 0.900. The van der Waals surface area contributed by atoms with E-state index >= 15 is 0 Å². The quantitative estimate of drug-likeness (QED) is 0.333. The monoisotopic (exact) mass is 266 g/mol. The number of unbranched alkanes of at least 4 members (excludes halogenated alkanes) is 4. The minimum atomic E-state index is -5.09. The summed E-state index contributed by atoms with van der Waals surface area (Å²) in [6, 6.07) is 0. The Morgan fingerprint density at radius 3 is 1.94 bits per heavy atom. The summed E-state index contributed by atoms with van der Waals surface area (Å²) in [5, 5.41) is 9.86. The van der Waals surface area contributed by atoms with Gasteiger partial charge < -0.3 is 9.90 Å². The van der Waals surface area contributed by atoms with Crippen LogP contribution in [0.4, 0.5) is 17.6 Å². The van der Waals surface area contributed by atoms with Crippen molar-refractivity contribution in [1.82, 2.24) is 0 Å². The molecule has 0 saturated carbocycles. The molecule has 0 rings (SSSR count). The van der Waals surface area contributed by atoms with E-state index in [4.69, 9.17) is 0 Å². The predicted molar refractivity (Wildman–Crippen MR) is 48.3 cm³/mol. The van der Waals surface area contributed by atoms with E-state index in [1.165, 1.54) is 0 Å². The Kier molecular flexibility index (Phi) is 9.56. The number of hydrogen-bond donors (Lipinski definition) is 0. The van der Waals surface area contributed by atoms with Gasteiger partial charge in [-0.05, 0) is 6.42 Å². The van der Waals surface area contributed by atoms with Crippen molar-refractivity contribution in [3.8, 4) is 0 Å². The largest absolute Gasteiger partial charge is 1.00 e. The van der Waals surface area contributed by atoms with E-state index in [2.05, 4.69) is 0 Å². The van der Waals surface area contributed by atoms with Gasteiger partial charge in [-0.25, -0.2) is 0 Å². The van der Waals surface area contributed by atoms with Crippen molar-refractivity contribution < 1.29 is 57.0 Å². The van der Waals surface area contributed by atoms with Gasteiger partial charge in [0, 0.05) is 6.42 Å². The van der Waals surface area contributed by atoms with E-state index in [9.17, 15) is 27.5 Å². The normalized spacial score (nSPS) is 12.1. The molecule has 0 bridgehead atoms. The molecular formula is C10H15F4NaO2. The van der Waals surface area contributed by atoms with E-state index in [0.717, 1.165) is 12.8 Å². The molecule has 0 saturated heterocycles. The van der Waals surface area contributed by atoms with Gasteiger partial charge in [-0.2, -0.15) is 17.6 Å². The Labute approximate surface area is 120 Å². The first-order valence-electron chi connectivity index (χ1n) is 5.22. The first-order valence-corrected chi connectivity index (χ1v) is 5.22. The molecular weight excluding hydrogens is 251 g/mol. The van der Waals surface area contributed by atoms with Crippen molar-refractivity contribution in [3.05, 3.63) is 0 Å². The Bertz CT molecular complexity index is 234. The summed E-state index contributed by atoms with van der Waals surface area (Å²) in [6.45, 7) is 1.93. The van der Waals surface area contributed by atoms with E-state index in [1.54, 1.807) is 0 Å². The second-order valence-corrected chi connectivity index (χ2v) is 3.73. The van der Waals surface area contributed by atoms with Gasteiger partial charge in [-0.3, -0.25) is 0 Å². The molecule has 0 fully saturated rings. The molecule has 0 radical (unpaired) electrons. The predicted octanol–water partition coefficient (Wildman–Crippen LogP) is -0.629. The second-order valence-electron chi connectivity index (χ2n) is 3.73. The minimum absolute atomic E-state index is 0. The van der Waals surface area contributed by atoms with Gasteiger partial charge >= 0.3 is 41.4 Å². The molecule has 0 atom stereocenters. The molecule has 0 aliphatic rings. The van der Waals surface area contributed by atoms with Gasteiger partial charge in [0.2, 0.25) is 0 Å². The van der Waals surface area contributed by atoms with E-state index in [1.807, 2.05) is 6.92 Å². The number of aliphatic carboxylic acids is 1. The molecule has 0 N–H and O–H groups in total. The van der Waals surface area contributed by atoms with Crippen LogP contribution < -0.4 is 34.7 Å². The summed E-state index contributed by atoms with van der Waals surface area (Å²) in [7, 11) is 0. The summed E-state index contributed by atoms with van der Waals surface area (Å²) in [5.41, 5.74) is 0. The second kappa shape index (κ2) is 8.32. The smallest absolute Gasteiger partial charge is 0.544 e. The van der Waals surface area contributed by atoms with E-state index in [0.29, 0.717) is 12.8 Å². The van der Waals surface area contributed by atoms with Gasteiger partial charge in [0.05, 0.1) is 0 Å². The molecule has 0 spiro atoms. The van der Waals surface area contributed by atoms with Crippen molar-refractivity contribution in [1.29, 1.82) is 0 Å². The van der Waals surface area contributed by atoms with Gasteiger partial charge in [0.15, 0.2) is 0 Å². The minimum Gasteiger partial charge on any atom is -0.544 e. The third-order valence-corrected chi connectivity index (χ3v) is 2.31. The van der Waals surface area contributed by atoms with Crippen LogP contribution in [0.25, 0.3) is 0 Å². The molecule has 2 nitrogen and oxygen atoms in total. The number of halogens is 4. The Hall–Kier alpha value is 0.190. The molecule has 0 heterocycles. The SMILES string of the molecule is CCCCCCCC(F)(F)C(F)(F)C(=O)[O-].[Na+]. The molecule has 0 aromatic heterocycles. The standard InChI is InChI=1S/C10H16F4O2.Na/c1-2-3-4-5-6-7-9(11,12)10(13,14)8(15)16;/h2-7H2,1H3,(H,15,16);/q;+1/p-1. The van der Waals surface area contributed by atoms with Crippen LogP contribution >= 0.6 is 0 Å². The van der Waals surface area contributed by atoms with Crippen LogP contribution in [0.5, 0.6) is 0 Å². The molecule has 0 aromatic carbocycles. The average Bonchev–Trinajstić information content (AvgIpc) is 2.16. The Morgan fingerprint density at radius 1 is 1.06 bits per heavy atom. The van der Waals surface area contributed by atoms with Crippen LogP contribution in [0.15, 0.2) is 0 Å². The molecule has 0 aliphatic heterocycles. The van der Waals surface area contributed by atoms with Crippen LogP contribution in [-0.2, 0) is 4.79 Å². The molecule has 0 aromatic rings. The van der Waals surface area contributed by atoms with Crippen LogP contribution in [0.1, 0.15) is 45.4 Å². The maximum absolute atomic E-state index is 12.8. The number of rotatable bonds is 8. The molecule has 17 heavy (non-hydrogen) atoms. The summed E-state index contributed by atoms with van der Waals surface area (Å²) in [4.78, 5) is 9.86. The van der Waals surface area contributed by atoms with Crippen molar-refractivity contribution in [3.63, 3.8) is 0 Å². The summed E-state index contributed by atoms with van der Waals surface area (Å²) in [5.74, 6) is -12.6. The van der Waals surface area contributed by atoms with Gasteiger partial charge in [-0.15, -0.1) is 0 Å². The number of carboxylic acid groups (broad SMARTS) is 1. The van der Waals surface area contributed by atoms with Crippen molar-refractivity contribution >= 4 is 5.97 Å². The van der Waals surface area contributed by atoms with Crippen LogP contribution in [0, 0.1) is 0 Å². The molecule has 0 amide bonds. The average molecular weight is 266 g/mol. The Morgan fingerprint density at radius 2 is 1.53 bits per heavy atom. The summed E-state index contributed by atoms with van der Waals surface area (Å²) < 4.78 is 50.6. The number of hydrogen-bond acceptors (Lipinski definition) is 2. The fourth-order valence-electron chi connectivity index (χ4n) is 1.26. The number of carbonyl (C=O) groups is 1. The molecule has 96 valence electrons. The topological polar surface area (TPSA) is 40.1 Å². The van der Waals surface area contributed by atoms with E-state index in [-0.39, 0.29) is 36.0 Å². The summed E-state index contributed by atoms with van der Waals surface area (Å²) in [6.07, 6.45) is 1.59. The van der Waals surface area contributed by atoms with Gasteiger partial charge in [-0.1, -0.05) is 32.6 Å². The molecule has 0 unspecified atom stereocenters. The van der Waals surface area contributed by atoms with Crippen LogP contribution in [0.3, 0.4) is 0 Å². The van der Waals surface area contributed by atoms with Crippen LogP contribution in [-0.4, -0.2) is 17.8 Å². The van der Waals surface area contributed by atoms with Crippen molar-refractivity contribution in [2.75, 3.05) is 0 Å². The van der Waals surface area contributed by atoms with E-state index < -0.39 is 24.2 Å². The molecule has 7 heteroatoms. The van der Waals surface area contributed by atoms with Crippen molar-refractivity contribution in [2.45, 2.75) is 57.3 Å². The zero-order valence-electron chi connectivity index (χ0n) is 10.1. The zero-order chi connectivity index (χ0) is 12.8. The number of carbonyl (C=O) groups excluding carboxylic acids is 1. The maximum Gasteiger partial charge on any atom is 1.00 e. The zero-order valence-corrected chi connectivity index (χ0v) is 12.1. The fourth-order valence-corrected chi connectivity index (χ4v) is 1.26. The van der Waals surface area contributed by atoms with Gasteiger partial charge in [0.25, 0.3) is 0 Å². The van der Waals surface area contributed by atoms with Crippen LogP contribution in [0.2, 0.25) is 0 Å². The third-order valence-electron chi connectivity index (χ3n) is 2.31. The van der Waals surface area contributed by atoms with Gasteiger partial charge in [0.1, 0.15) is 5.97 Å². The first-order chi connectivity index (χ1) is 7.25. The summed E-state index contributed by atoms with van der Waals surface area (Å²) >= 11 is 0. The number of alkyl halides is 4.